The molecule has 1 aromatic heterocycles. The maximum absolute atomic E-state index is 2.40. The maximum Gasteiger partial charge on any atom is 0.0640 e. The summed E-state index contributed by atoms with van der Waals surface area (Å²) in [7, 11) is 0. The smallest absolute Gasteiger partial charge is 0.0640 e. The highest BCUT2D eigenvalue weighted by Crippen LogP contribution is 2.45. The topological polar surface area (TPSA) is 3.24 Å². The monoisotopic (exact) mass is 577 g/mol. The van der Waals surface area contributed by atoms with Crippen LogP contribution in [0.5, 0.6) is 0 Å². The molecule has 1 heterocycles. The molecule has 0 N–H and O–H groups in total. The van der Waals surface area contributed by atoms with E-state index in [0.717, 1.165) is 11.4 Å². The fourth-order valence-corrected chi connectivity index (χ4v) is 8.02. The molecular weight excluding hydrogens is 551 g/mol. The van der Waals surface area contributed by atoms with Crippen LogP contribution in [-0.2, 0) is 0 Å². The van der Waals surface area contributed by atoms with E-state index in [1.807, 2.05) is 11.3 Å². The van der Waals surface area contributed by atoms with E-state index in [4.69, 9.17) is 0 Å². The van der Waals surface area contributed by atoms with Crippen molar-refractivity contribution in [2.45, 2.75) is 0 Å². The highest BCUT2D eigenvalue weighted by atomic mass is 32.1. The van der Waals surface area contributed by atoms with E-state index in [0.29, 0.717) is 0 Å². The van der Waals surface area contributed by atoms with Crippen LogP contribution in [0.1, 0.15) is 0 Å². The Morgan fingerprint density at radius 3 is 1.84 bits per heavy atom. The summed E-state index contributed by atoms with van der Waals surface area (Å²) in [4.78, 5) is 2.40. The minimum Gasteiger partial charge on any atom is -0.309 e. The summed E-state index contributed by atoms with van der Waals surface area (Å²) in [5, 5.41) is 10.3. The third-order valence-electron chi connectivity index (χ3n) is 8.83. The predicted octanol–water partition coefficient (Wildman–Crippen LogP) is 12.7. The zero-order valence-corrected chi connectivity index (χ0v) is 24.8. The second kappa shape index (κ2) is 10.1. The number of para-hydroxylation sites is 1. The predicted molar refractivity (Wildman–Crippen MR) is 192 cm³/mol. The van der Waals surface area contributed by atoms with Gasteiger partial charge in [0.2, 0.25) is 0 Å². The molecular formula is C42H27NS. The first-order chi connectivity index (χ1) is 21.8. The second-order valence-corrected chi connectivity index (χ2v) is 12.4. The first-order valence-corrected chi connectivity index (χ1v) is 15.8. The van der Waals surface area contributed by atoms with Crippen molar-refractivity contribution in [2.75, 3.05) is 4.90 Å². The minimum atomic E-state index is 1.14. The highest BCUT2D eigenvalue weighted by molar-refractivity contribution is 7.26. The van der Waals surface area contributed by atoms with Crippen molar-refractivity contribution < 1.29 is 0 Å². The van der Waals surface area contributed by atoms with Gasteiger partial charge in [0.1, 0.15) is 0 Å². The quantitative estimate of drug-likeness (QED) is 0.188. The number of benzene rings is 8. The minimum absolute atomic E-state index is 1.14. The molecule has 206 valence electrons. The molecule has 2 heteroatoms. The van der Waals surface area contributed by atoms with Gasteiger partial charge in [-0.15, -0.1) is 11.3 Å². The maximum atomic E-state index is 2.40. The summed E-state index contributed by atoms with van der Waals surface area (Å²) in [5.41, 5.74) is 5.96. The van der Waals surface area contributed by atoms with Crippen LogP contribution >= 0.6 is 11.3 Å². The highest BCUT2D eigenvalue weighted by Gasteiger charge is 2.18. The number of fused-ring (bicyclic) bond motifs is 8. The molecule has 0 aliphatic heterocycles. The van der Waals surface area contributed by atoms with Gasteiger partial charge in [-0.25, -0.2) is 0 Å². The number of hydrogen-bond acceptors (Lipinski definition) is 2. The van der Waals surface area contributed by atoms with E-state index in [2.05, 4.69) is 169 Å². The molecule has 44 heavy (non-hydrogen) atoms. The fraction of sp³-hybridized carbons (Fsp3) is 0. The summed E-state index contributed by atoms with van der Waals surface area (Å²) < 4.78 is 2.61. The summed E-state index contributed by atoms with van der Waals surface area (Å²) in [5.74, 6) is 0. The molecule has 0 saturated carbocycles. The van der Waals surface area contributed by atoms with Crippen LogP contribution in [0.2, 0.25) is 0 Å². The molecule has 1 nitrogen and oxygen atoms in total. The molecule has 0 bridgehead atoms. The van der Waals surface area contributed by atoms with E-state index in [1.165, 1.54) is 69.3 Å². The lowest BCUT2D eigenvalue weighted by Gasteiger charge is -2.26. The Balaban J connectivity index is 1.24. The van der Waals surface area contributed by atoms with Gasteiger partial charge in [-0.2, -0.15) is 0 Å². The Kier molecular flexibility index (Phi) is 5.75. The summed E-state index contributed by atoms with van der Waals surface area (Å²) in [6.07, 6.45) is 0. The van der Waals surface area contributed by atoms with Crippen molar-refractivity contribution in [2.24, 2.45) is 0 Å². The largest absolute Gasteiger partial charge is 0.309 e. The Hall–Kier alpha value is -5.44. The van der Waals surface area contributed by atoms with Crippen LogP contribution in [-0.4, -0.2) is 0 Å². The third kappa shape index (κ3) is 3.92. The molecule has 0 fully saturated rings. The van der Waals surface area contributed by atoms with Gasteiger partial charge in [0, 0.05) is 26.8 Å². The average molecular weight is 578 g/mol. The Morgan fingerprint density at radius 1 is 0.386 bits per heavy atom. The SMILES string of the molecule is c1ccc(N(c2ccc(-c3cccc4ccc5ccc6ccccc6c5c34)cc2)c2cccc3c2sc2ccccc23)cc1. The van der Waals surface area contributed by atoms with Crippen LogP contribution in [0.4, 0.5) is 17.1 Å². The molecule has 9 rings (SSSR count). The molecule has 0 saturated heterocycles. The van der Waals surface area contributed by atoms with Gasteiger partial charge in [0.05, 0.1) is 10.4 Å². The van der Waals surface area contributed by atoms with Crippen LogP contribution < -0.4 is 4.90 Å². The molecule has 0 aliphatic carbocycles. The Bertz CT molecular complexity index is 2480. The van der Waals surface area contributed by atoms with Crippen molar-refractivity contribution in [1.29, 1.82) is 0 Å². The van der Waals surface area contributed by atoms with Crippen LogP contribution in [0, 0.1) is 0 Å². The fourth-order valence-electron chi connectivity index (χ4n) is 6.82. The Labute approximate surface area is 259 Å². The number of rotatable bonds is 4. The van der Waals surface area contributed by atoms with Gasteiger partial charge >= 0.3 is 0 Å². The normalized spacial score (nSPS) is 11.6. The first kappa shape index (κ1) is 25.1. The van der Waals surface area contributed by atoms with Crippen LogP contribution in [0.25, 0.3) is 63.6 Å². The van der Waals surface area contributed by atoms with Gasteiger partial charge in [-0.3, -0.25) is 0 Å². The molecule has 9 aromatic rings. The lowest BCUT2D eigenvalue weighted by atomic mass is 9.91. The van der Waals surface area contributed by atoms with Crippen LogP contribution in [0.3, 0.4) is 0 Å². The Morgan fingerprint density at radius 2 is 1.00 bits per heavy atom. The lowest BCUT2D eigenvalue weighted by Crippen LogP contribution is -2.09. The number of anilines is 3. The summed E-state index contributed by atoms with van der Waals surface area (Å²) >= 11 is 1.87. The molecule has 0 atom stereocenters. The van der Waals surface area contributed by atoms with Gasteiger partial charge in [-0.05, 0) is 79.8 Å². The molecule has 0 aliphatic rings. The molecule has 0 radical (unpaired) electrons. The summed E-state index contributed by atoms with van der Waals surface area (Å²) in [6.45, 7) is 0. The number of nitrogens with zero attached hydrogens (tertiary/aromatic N) is 1. The number of hydrogen-bond donors (Lipinski definition) is 0. The van der Waals surface area contributed by atoms with Crippen molar-refractivity contribution in [3.05, 3.63) is 164 Å². The summed E-state index contributed by atoms with van der Waals surface area (Å²) in [6, 6.07) is 59.7. The van der Waals surface area contributed by atoms with Gasteiger partial charge in [0.25, 0.3) is 0 Å². The van der Waals surface area contributed by atoms with E-state index in [9.17, 15) is 0 Å². The molecule has 0 unspecified atom stereocenters. The van der Waals surface area contributed by atoms with Crippen LogP contribution in [0.15, 0.2) is 164 Å². The molecule has 0 spiro atoms. The van der Waals surface area contributed by atoms with Crippen molar-refractivity contribution in [1.82, 2.24) is 0 Å². The molecule has 8 aromatic carbocycles. The second-order valence-electron chi connectivity index (χ2n) is 11.3. The van der Waals surface area contributed by atoms with Crippen molar-refractivity contribution >= 4 is 80.9 Å². The standard InChI is InChI=1S/C42H27NS/c1-2-12-32(13-3-1)43(38-18-9-17-37-36-15-6-7-19-39(36)44-42(37)38)33-26-24-29(25-27-33)35-16-8-11-30-22-23-31-21-20-28-10-4-5-14-34(28)41(31)40(30)35/h1-27H. The van der Waals surface area contributed by atoms with E-state index in [-0.39, 0.29) is 0 Å². The van der Waals surface area contributed by atoms with Crippen molar-refractivity contribution in [3.8, 4) is 11.1 Å². The van der Waals surface area contributed by atoms with Gasteiger partial charge in [0.15, 0.2) is 0 Å². The first-order valence-electron chi connectivity index (χ1n) is 15.0. The molecule has 0 amide bonds. The number of thiophene rings is 1. The zero-order valence-electron chi connectivity index (χ0n) is 23.9. The average Bonchev–Trinajstić information content (AvgIpc) is 3.48. The lowest BCUT2D eigenvalue weighted by molar-refractivity contribution is 1.30. The van der Waals surface area contributed by atoms with Crippen molar-refractivity contribution in [3.63, 3.8) is 0 Å². The third-order valence-corrected chi connectivity index (χ3v) is 10.0. The van der Waals surface area contributed by atoms with E-state index >= 15 is 0 Å². The van der Waals surface area contributed by atoms with Gasteiger partial charge in [-0.1, -0.05) is 127 Å². The van der Waals surface area contributed by atoms with Gasteiger partial charge < -0.3 is 4.90 Å². The van der Waals surface area contributed by atoms with E-state index < -0.39 is 0 Å². The van der Waals surface area contributed by atoms with E-state index in [1.54, 1.807) is 0 Å². The zero-order chi connectivity index (χ0) is 29.0.